The molecule has 1 N–H and O–H groups in total. The van der Waals surface area contributed by atoms with Crippen LogP contribution in [0, 0.1) is 0 Å². The topological polar surface area (TPSA) is 89.3 Å². The number of amides is 1. The molecule has 3 rings (SSSR count). The number of hydrogen-bond acceptors (Lipinski definition) is 5. The van der Waals surface area contributed by atoms with Crippen LogP contribution in [-0.2, 0) is 20.0 Å². The van der Waals surface area contributed by atoms with Crippen molar-refractivity contribution in [2.45, 2.75) is 87.5 Å². The highest BCUT2D eigenvalue weighted by Crippen LogP contribution is 2.45. The van der Waals surface area contributed by atoms with Crippen LogP contribution in [0.2, 0.25) is 0 Å². The summed E-state index contributed by atoms with van der Waals surface area (Å²) in [5, 5.41) is 6.21. The summed E-state index contributed by atoms with van der Waals surface area (Å²) in [6, 6.07) is 1.68. The number of nitrogens with one attached hydrogen (secondary N) is 1. The molecule has 0 atom stereocenters. The number of rotatable bonds is 4. The highest BCUT2D eigenvalue weighted by atomic mass is 32.2. The molecule has 1 amide bonds. The number of sulfone groups is 1. The summed E-state index contributed by atoms with van der Waals surface area (Å²) in [5.74, 6) is 0.499. The zero-order valence-corrected chi connectivity index (χ0v) is 16.1. The van der Waals surface area contributed by atoms with Crippen molar-refractivity contribution in [3.8, 4) is 0 Å². The number of carbonyl (C=O) groups excluding carboxylic acids is 1. The lowest BCUT2D eigenvalue weighted by molar-refractivity contribution is -0.120. The van der Waals surface area contributed by atoms with E-state index in [0.29, 0.717) is 37.3 Å². The third-order valence-corrected chi connectivity index (χ3v) is 8.63. The van der Waals surface area contributed by atoms with E-state index in [-0.39, 0.29) is 10.7 Å². The minimum absolute atomic E-state index is 0.224. The molecule has 2 saturated carbocycles. The van der Waals surface area contributed by atoms with E-state index in [9.17, 15) is 13.2 Å². The van der Waals surface area contributed by atoms with Crippen LogP contribution in [0.25, 0.3) is 0 Å². The maximum Gasteiger partial charge on any atom is 0.247 e. The largest absolute Gasteiger partial charge is 0.359 e. The number of anilines is 1. The molecule has 7 heteroatoms. The van der Waals surface area contributed by atoms with Crippen LogP contribution in [0.15, 0.2) is 10.6 Å². The summed E-state index contributed by atoms with van der Waals surface area (Å²) in [7, 11) is -3.50. The summed E-state index contributed by atoms with van der Waals surface area (Å²) >= 11 is 0. The molecule has 0 spiro atoms. The second kappa shape index (κ2) is 6.41. The van der Waals surface area contributed by atoms with Crippen LogP contribution in [0.4, 0.5) is 5.82 Å². The molecule has 0 unspecified atom stereocenters. The monoisotopic (exact) mass is 368 g/mol. The van der Waals surface area contributed by atoms with Gasteiger partial charge in [-0.2, -0.15) is 0 Å². The van der Waals surface area contributed by atoms with Crippen molar-refractivity contribution in [2.24, 2.45) is 0 Å². The summed E-state index contributed by atoms with van der Waals surface area (Å²) in [4.78, 5) is 12.9. The first-order valence-electron chi connectivity index (χ1n) is 9.19. The third kappa shape index (κ3) is 3.23. The van der Waals surface area contributed by atoms with Crippen molar-refractivity contribution in [2.75, 3.05) is 5.32 Å². The molecule has 140 valence electrons. The normalized spacial score (nSPS) is 21.6. The number of nitrogens with zero attached hydrogens (tertiary/aromatic N) is 1. The third-order valence-electron chi connectivity index (χ3n) is 5.60. The Morgan fingerprint density at radius 1 is 1.20 bits per heavy atom. The fourth-order valence-electron chi connectivity index (χ4n) is 3.75. The Hall–Kier alpha value is -1.37. The second-order valence-electron chi connectivity index (χ2n) is 8.43. The Kier molecular flexibility index (Phi) is 4.73. The van der Waals surface area contributed by atoms with Crippen LogP contribution in [0.5, 0.6) is 0 Å². The van der Waals surface area contributed by atoms with Gasteiger partial charge in [0, 0.05) is 11.5 Å². The van der Waals surface area contributed by atoms with E-state index in [1.165, 1.54) is 0 Å². The average Bonchev–Trinajstić information content (AvgIpc) is 2.95. The molecule has 0 saturated heterocycles. The fourth-order valence-corrected chi connectivity index (χ4v) is 6.51. The van der Waals surface area contributed by atoms with E-state index < -0.39 is 20.5 Å². The van der Waals surface area contributed by atoms with Crippen LogP contribution in [-0.4, -0.2) is 29.5 Å². The molecule has 1 heterocycles. The van der Waals surface area contributed by atoms with Gasteiger partial charge in [0.25, 0.3) is 0 Å². The van der Waals surface area contributed by atoms with Crippen LogP contribution < -0.4 is 5.32 Å². The standard InChI is InChI=1S/C18H28N2O4S/c1-17(2,3)14-12-15(20-24-14)19-16(21)18(10-7-11-18)25(22,23)13-8-5-4-6-9-13/h12-13H,4-11H2,1-3H3,(H,19,20,21). The molecule has 0 aromatic carbocycles. The fraction of sp³-hybridized carbons (Fsp3) is 0.778. The van der Waals surface area contributed by atoms with Gasteiger partial charge in [0.05, 0.1) is 5.25 Å². The number of aromatic nitrogens is 1. The number of hydrogen-bond donors (Lipinski definition) is 1. The molecule has 6 nitrogen and oxygen atoms in total. The van der Waals surface area contributed by atoms with Gasteiger partial charge in [-0.05, 0) is 32.1 Å². The van der Waals surface area contributed by atoms with E-state index in [0.717, 1.165) is 25.7 Å². The maximum absolute atomic E-state index is 13.2. The van der Waals surface area contributed by atoms with E-state index in [1.54, 1.807) is 6.07 Å². The molecule has 1 aromatic rings. The van der Waals surface area contributed by atoms with Gasteiger partial charge in [0.1, 0.15) is 5.76 Å². The van der Waals surface area contributed by atoms with Gasteiger partial charge in [-0.25, -0.2) is 8.42 Å². The molecule has 0 bridgehead atoms. The predicted octanol–water partition coefficient (Wildman–Crippen LogP) is 3.58. The van der Waals surface area contributed by atoms with Crippen molar-refractivity contribution in [1.29, 1.82) is 0 Å². The SMILES string of the molecule is CC(C)(C)c1cc(NC(=O)C2(S(=O)(=O)C3CCCCC3)CCC2)no1. The first-order valence-corrected chi connectivity index (χ1v) is 10.7. The minimum atomic E-state index is -3.50. The lowest BCUT2D eigenvalue weighted by Gasteiger charge is -2.42. The molecule has 25 heavy (non-hydrogen) atoms. The average molecular weight is 368 g/mol. The highest BCUT2D eigenvalue weighted by Gasteiger charge is 2.57. The van der Waals surface area contributed by atoms with Gasteiger partial charge < -0.3 is 9.84 Å². The molecular weight excluding hydrogens is 340 g/mol. The maximum atomic E-state index is 13.2. The highest BCUT2D eigenvalue weighted by molar-refractivity contribution is 7.94. The van der Waals surface area contributed by atoms with Gasteiger partial charge >= 0.3 is 0 Å². The molecule has 2 fully saturated rings. The summed E-state index contributed by atoms with van der Waals surface area (Å²) < 4.78 is 30.4. The lowest BCUT2D eigenvalue weighted by Crippen LogP contribution is -2.57. The van der Waals surface area contributed by atoms with Crippen LogP contribution in [0.1, 0.15) is 77.9 Å². The summed E-state index contributed by atoms with van der Waals surface area (Å²) in [6.07, 6.45) is 5.87. The molecule has 1 aromatic heterocycles. The van der Waals surface area contributed by atoms with Gasteiger partial charge in [0.15, 0.2) is 20.4 Å². The zero-order chi connectivity index (χ0) is 18.3. The molecule has 2 aliphatic carbocycles. The lowest BCUT2D eigenvalue weighted by atomic mass is 9.83. The van der Waals surface area contributed by atoms with E-state index in [2.05, 4.69) is 10.5 Å². The van der Waals surface area contributed by atoms with Crippen molar-refractivity contribution in [1.82, 2.24) is 5.16 Å². The Balaban J connectivity index is 1.80. The zero-order valence-electron chi connectivity index (χ0n) is 15.3. The first kappa shape index (κ1) is 18.4. The first-order chi connectivity index (χ1) is 11.7. The molecule has 0 radical (unpaired) electrons. The van der Waals surface area contributed by atoms with Gasteiger partial charge in [0.2, 0.25) is 5.91 Å². The van der Waals surface area contributed by atoms with Crippen LogP contribution in [0.3, 0.4) is 0 Å². The van der Waals surface area contributed by atoms with E-state index in [1.807, 2.05) is 20.8 Å². The summed E-state index contributed by atoms with van der Waals surface area (Å²) in [6.45, 7) is 5.96. The molecule has 2 aliphatic rings. The molecule has 0 aliphatic heterocycles. The minimum Gasteiger partial charge on any atom is -0.359 e. The molecular formula is C18H28N2O4S. The van der Waals surface area contributed by atoms with Crippen molar-refractivity contribution >= 4 is 21.6 Å². The van der Waals surface area contributed by atoms with Crippen molar-refractivity contribution in [3.63, 3.8) is 0 Å². The van der Waals surface area contributed by atoms with Crippen LogP contribution >= 0.6 is 0 Å². The van der Waals surface area contributed by atoms with Gasteiger partial charge in [-0.15, -0.1) is 0 Å². The Morgan fingerprint density at radius 3 is 2.32 bits per heavy atom. The smallest absolute Gasteiger partial charge is 0.247 e. The number of carbonyl (C=O) groups is 1. The Morgan fingerprint density at radius 2 is 1.84 bits per heavy atom. The van der Waals surface area contributed by atoms with E-state index >= 15 is 0 Å². The Labute approximate surface area is 149 Å². The van der Waals surface area contributed by atoms with Crippen molar-refractivity contribution in [3.05, 3.63) is 11.8 Å². The van der Waals surface area contributed by atoms with Gasteiger partial charge in [-0.1, -0.05) is 45.2 Å². The summed E-state index contributed by atoms with van der Waals surface area (Å²) in [5.41, 5.74) is -0.224. The van der Waals surface area contributed by atoms with E-state index in [4.69, 9.17) is 4.52 Å². The Bertz CT molecular complexity index is 735. The predicted molar refractivity (Wildman–Crippen MR) is 96.2 cm³/mol. The van der Waals surface area contributed by atoms with Crippen molar-refractivity contribution < 1.29 is 17.7 Å². The quantitative estimate of drug-likeness (QED) is 0.877. The second-order valence-corrected chi connectivity index (χ2v) is 11.0. The van der Waals surface area contributed by atoms with Gasteiger partial charge in [-0.3, -0.25) is 4.79 Å².